The molecule has 1 aliphatic rings. The molecule has 0 amide bonds. The van der Waals surface area contributed by atoms with Gasteiger partial charge in [0.15, 0.2) is 0 Å². The maximum Gasteiger partial charge on any atom is 0.314 e. The van der Waals surface area contributed by atoms with Crippen molar-refractivity contribution in [2.24, 2.45) is 5.41 Å². The molecule has 1 saturated heterocycles. The Bertz CT molecular complexity index is 381. The van der Waals surface area contributed by atoms with Crippen LogP contribution in [0.3, 0.4) is 0 Å². The molecule has 2 heteroatoms. The predicted molar refractivity (Wildman–Crippen MR) is 63.1 cm³/mol. The quantitative estimate of drug-likeness (QED) is 0.677. The van der Waals surface area contributed by atoms with Gasteiger partial charge in [-0.05, 0) is 24.3 Å². The van der Waals surface area contributed by atoms with Crippen LogP contribution in [0.2, 0.25) is 0 Å². The number of hydrogen-bond donors (Lipinski definition) is 0. The van der Waals surface area contributed by atoms with Crippen LogP contribution in [0.4, 0.5) is 0 Å². The Morgan fingerprint density at radius 2 is 1.88 bits per heavy atom. The summed E-state index contributed by atoms with van der Waals surface area (Å²) in [7, 11) is 0. The summed E-state index contributed by atoms with van der Waals surface area (Å²) >= 11 is 0. The van der Waals surface area contributed by atoms with Crippen LogP contribution in [-0.2, 0) is 9.53 Å². The van der Waals surface area contributed by atoms with Gasteiger partial charge in [0.05, 0.1) is 12.0 Å². The van der Waals surface area contributed by atoms with Crippen LogP contribution in [0.5, 0.6) is 0 Å². The van der Waals surface area contributed by atoms with Crippen LogP contribution in [0, 0.1) is 5.41 Å². The lowest BCUT2D eigenvalue weighted by Gasteiger charge is -2.40. The maximum atomic E-state index is 12.0. The zero-order chi connectivity index (χ0) is 11.8. The molecule has 0 N–H and O–H groups in total. The number of rotatable bonds is 1. The Morgan fingerprint density at radius 1 is 1.25 bits per heavy atom. The molecule has 0 unspecified atom stereocenters. The first-order valence-corrected chi connectivity index (χ1v) is 5.76. The van der Waals surface area contributed by atoms with Crippen LogP contribution in [0.15, 0.2) is 30.3 Å². The van der Waals surface area contributed by atoms with E-state index in [0.717, 1.165) is 12.0 Å². The van der Waals surface area contributed by atoms with Crippen molar-refractivity contribution >= 4 is 5.97 Å². The number of carbonyl (C=O) groups is 1. The second-order valence-electron chi connectivity index (χ2n) is 5.28. The van der Waals surface area contributed by atoms with Crippen LogP contribution >= 0.6 is 0 Å². The molecule has 0 radical (unpaired) electrons. The first kappa shape index (κ1) is 11.2. The third-order valence-electron chi connectivity index (χ3n) is 3.28. The number of benzene rings is 1. The van der Waals surface area contributed by atoms with Gasteiger partial charge in [0.1, 0.15) is 0 Å². The summed E-state index contributed by atoms with van der Waals surface area (Å²) in [5.41, 5.74) is 1.03. The zero-order valence-corrected chi connectivity index (χ0v) is 10.1. The van der Waals surface area contributed by atoms with E-state index in [1.807, 2.05) is 37.3 Å². The average molecular weight is 218 g/mol. The summed E-state index contributed by atoms with van der Waals surface area (Å²) in [6.45, 7) is 6.24. The molecule has 1 aromatic rings. The van der Waals surface area contributed by atoms with Gasteiger partial charge in [0, 0.05) is 0 Å². The highest BCUT2D eigenvalue weighted by Crippen LogP contribution is 2.44. The van der Waals surface area contributed by atoms with Crippen LogP contribution in [0.25, 0.3) is 0 Å². The monoisotopic (exact) mass is 218 g/mol. The van der Waals surface area contributed by atoms with E-state index in [-0.39, 0.29) is 23.4 Å². The summed E-state index contributed by atoms with van der Waals surface area (Å²) in [4.78, 5) is 12.0. The molecule has 2 nitrogen and oxygen atoms in total. The number of esters is 1. The lowest BCUT2D eigenvalue weighted by Crippen LogP contribution is -2.40. The molecular formula is C14H18O2. The highest BCUT2D eigenvalue weighted by atomic mass is 16.5. The third kappa shape index (κ3) is 1.97. The van der Waals surface area contributed by atoms with Gasteiger partial charge in [-0.1, -0.05) is 44.2 Å². The summed E-state index contributed by atoms with van der Waals surface area (Å²) in [6, 6.07) is 9.91. The predicted octanol–water partition coefficient (Wildman–Crippen LogP) is 3.13. The smallest absolute Gasteiger partial charge is 0.314 e. The largest absolute Gasteiger partial charge is 0.462 e. The lowest BCUT2D eigenvalue weighted by molar-refractivity contribution is -0.162. The Labute approximate surface area is 96.6 Å². The SMILES string of the molecule is C[C@@H]1CC(C)(C)[C@H](c2ccccc2)C(=O)O1. The Morgan fingerprint density at radius 3 is 2.44 bits per heavy atom. The minimum atomic E-state index is -0.134. The van der Waals surface area contributed by atoms with Gasteiger partial charge in [-0.3, -0.25) is 4.79 Å². The van der Waals surface area contributed by atoms with Crippen molar-refractivity contribution in [3.05, 3.63) is 35.9 Å². The fourth-order valence-electron chi connectivity index (χ4n) is 2.72. The Balaban J connectivity index is 2.35. The molecule has 2 rings (SSSR count). The Hall–Kier alpha value is -1.31. The van der Waals surface area contributed by atoms with Crippen molar-refractivity contribution in [2.45, 2.75) is 39.2 Å². The van der Waals surface area contributed by atoms with Crippen LogP contribution in [-0.4, -0.2) is 12.1 Å². The van der Waals surface area contributed by atoms with Crippen molar-refractivity contribution in [3.63, 3.8) is 0 Å². The van der Waals surface area contributed by atoms with E-state index in [0.29, 0.717) is 0 Å². The number of ether oxygens (including phenoxy) is 1. The fourth-order valence-corrected chi connectivity index (χ4v) is 2.72. The van der Waals surface area contributed by atoms with Gasteiger partial charge in [0.2, 0.25) is 0 Å². The molecule has 0 spiro atoms. The summed E-state index contributed by atoms with van der Waals surface area (Å²) in [6.07, 6.45) is 0.945. The van der Waals surface area contributed by atoms with Gasteiger partial charge >= 0.3 is 5.97 Å². The van der Waals surface area contributed by atoms with Gasteiger partial charge < -0.3 is 4.74 Å². The molecule has 1 fully saturated rings. The number of hydrogen-bond acceptors (Lipinski definition) is 2. The summed E-state index contributed by atoms with van der Waals surface area (Å²) in [5.74, 6) is -0.222. The minimum Gasteiger partial charge on any atom is -0.462 e. The standard InChI is InChI=1S/C14H18O2/c1-10-9-14(2,3)12(13(15)16-10)11-7-5-4-6-8-11/h4-8,10,12H,9H2,1-3H3/t10-,12-/m1/s1. The van der Waals surface area contributed by atoms with Gasteiger partial charge in [-0.15, -0.1) is 0 Å². The third-order valence-corrected chi connectivity index (χ3v) is 3.28. The van der Waals surface area contributed by atoms with Crippen molar-refractivity contribution in [1.82, 2.24) is 0 Å². The van der Waals surface area contributed by atoms with Crippen LogP contribution in [0.1, 0.15) is 38.7 Å². The topological polar surface area (TPSA) is 26.3 Å². The normalized spacial score (nSPS) is 28.6. The van der Waals surface area contributed by atoms with Crippen LogP contribution < -0.4 is 0 Å². The molecule has 16 heavy (non-hydrogen) atoms. The second kappa shape index (κ2) is 3.93. The average Bonchev–Trinajstić information content (AvgIpc) is 2.15. The summed E-state index contributed by atoms with van der Waals surface area (Å²) < 4.78 is 5.35. The van der Waals surface area contributed by atoms with Gasteiger partial charge in [-0.25, -0.2) is 0 Å². The lowest BCUT2D eigenvalue weighted by atomic mass is 9.70. The molecule has 0 saturated carbocycles. The molecule has 2 atom stereocenters. The van der Waals surface area contributed by atoms with Crippen molar-refractivity contribution in [1.29, 1.82) is 0 Å². The molecular weight excluding hydrogens is 200 g/mol. The van der Waals surface area contributed by atoms with Gasteiger partial charge in [0.25, 0.3) is 0 Å². The zero-order valence-electron chi connectivity index (χ0n) is 10.1. The first-order valence-electron chi connectivity index (χ1n) is 5.76. The second-order valence-corrected chi connectivity index (χ2v) is 5.28. The molecule has 1 aliphatic heterocycles. The Kier molecular flexibility index (Phi) is 2.75. The van der Waals surface area contributed by atoms with Crippen molar-refractivity contribution in [3.8, 4) is 0 Å². The minimum absolute atomic E-state index is 0.0301. The van der Waals surface area contributed by atoms with Crippen molar-refractivity contribution < 1.29 is 9.53 Å². The molecule has 1 heterocycles. The van der Waals surface area contributed by atoms with E-state index in [2.05, 4.69) is 13.8 Å². The van der Waals surface area contributed by atoms with E-state index in [1.54, 1.807) is 0 Å². The maximum absolute atomic E-state index is 12.0. The highest BCUT2D eigenvalue weighted by Gasteiger charge is 2.43. The molecule has 0 aromatic heterocycles. The van der Waals surface area contributed by atoms with Gasteiger partial charge in [-0.2, -0.15) is 0 Å². The van der Waals surface area contributed by atoms with E-state index < -0.39 is 0 Å². The number of carbonyl (C=O) groups excluding carboxylic acids is 1. The van der Waals surface area contributed by atoms with Crippen molar-refractivity contribution in [2.75, 3.05) is 0 Å². The summed E-state index contributed by atoms with van der Waals surface area (Å²) in [5, 5.41) is 0. The van der Waals surface area contributed by atoms with E-state index in [1.165, 1.54) is 0 Å². The molecule has 0 bridgehead atoms. The van der Waals surface area contributed by atoms with E-state index in [4.69, 9.17) is 4.74 Å². The van der Waals surface area contributed by atoms with E-state index in [9.17, 15) is 4.79 Å². The molecule has 1 aromatic carbocycles. The fraction of sp³-hybridized carbons (Fsp3) is 0.500. The molecule has 86 valence electrons. The first-order chi connectivity index (χ1) is 7.50. The number of cyclic esters (lactones) is 1. The van der Waals surface area contributed by atoms with E-state index >= 15 is 0 Å². The highest BCUT2D eigenvalue weighted by molar-refractivity contribution is 5.80. The molecule has 0 aliphatic carbocycles.